The molecule has 5 aromatic rings. The van der Waals surface area contributed by atoms with E-state index < -0.39 is 12.6 Å². The quantitative estimate of drug-likeness (QED) is 0.180. The molecule has 0 radical (unpaired) electrons. The number of hydrogen-bond acceptors (Lipinski definition) is 3. The molecular formula is C37H31ClO4. The van der Waals surface area contributed by atoms with Gasteiger partial charge in [-0.1, -0.05) is 120 Å². The summed E-state index contributed by atoms with van der Waals surface area (Å²) in [4.78, 5) is 10.8. The molecule has 4 nitrogen and oxygen atoms in total. The first-order chi connectivity index (χ1) is 20.4. The first-order valence-corrected chi connectivity index (χ1v) is 14.1. The van der Waals surface area contributed by atoms with Gasteiger partial charge in [-0.2, -0.15) is 0 Å². The lowest BCUT2D eigenvalue weighted by Crippen LogP contribution is -2.09. The van der Waals surface area contributed by atoms with Gasteiger partial charge in [0.2, 0.25) is 0 Å². The average molecular weight is 575 g/mol. The highest BCUT2D eigenvalue weighted by Gasteiger charge is 2.09. The summed E-state index contributed by atoms with van der Waals surface area (Å²) in [7, 11) is 0. The lowest BCUT2D eigenvalue weighted by Gasteiger charge is -2.13. The van der Waals surface area contributed by atoms with E-state index in [9.17, 15) is 4.79 Å². The number of aryl methyl sites for hydroxylation is 2. The van der Waals surface area contributed by atoms with E-state index in [4.69, 9.17) is 26.2 Å². The molecule has 0 amide bonds. The van der Waals surface area contributed by atoms with Gasteiger partial charge in [0, 0.05) is 6.07 Å². The summed E-state index contributed by atoms with van der Waals surface area (Å²) >= 11 is 6.28. The monoisotopic (exact) mass is 574 g/mol. The average Bonchev–Trinajstić information content (AvgIpc) is 3.00. The number of carbonyl (C=O) groups is 1. The topological polar surface area (TPSA) is 55.8 Å². The molecule has 1 N–H and O–H groups in total. The van der Waals surface area contributed by atoms with Crippen molar-refractivity contribution in [3.8, 4) is 33.8 Å². The maximum atomic E-state index is 10.8. The Morgan fingerprint density at radius 3 is 1.55 bits per heavy atom. The molecule has 5 aromatic carbocycles. The van der Waals surface area contributed by atoms with Crippen LogP contribution < -0.4 is 9.47 Å². The Labute approximate surface area is 251 Å². The summed E-state index contributed by atoms with van der Waals surface area (Å²) < 4.78 is 11.2. The minimum absolute atomic E-state index is 0.288. The number of rotatable bonds is 10. The molecule has 0 spiro atoms. The fourth-order valence-corrected chi connectivity index (χ4v) is 4.85. The molecule has 0 saturated carbocycles. The smallest absolute Gasteiger partial charge is 0.341 e. The van der Waals surface area contributed by atoms with Crippen LogP contribution in [0.1, 0.15) is 22.3 Å². The van der Waals surface area contributed by atoms with E-state index in [0.29, 0.717) is 18.1 Å². The van der Waals surface area contributed by atoms with Crippen LogP contribution in [0.15, 0.2) is 121 Å². The van der Waals surface area contributed by atoms with E-state index >= 15 is 0 Å². The van der Waals surface area contributed by atoms with Crippen molar-refractivity contribution in [2.24, 2.45) is 0 Å². The zero-order chi connectivity index (χ0) is 29.5. The van der Waals surface area contributed by atoms with Gasteiger partial charge in [0.05, 0.1) is 5.02 Å². The summed E-state index contributed by atoms with van der Waals surface area (Å²) in [6.07, 6.45) is 2.06. The van der Waals surface area contributed by atoms with Crippen LogP contribution in [-0.2, 0) is 4.79 Å². The largest absolute Gasteiger partial charge is 0.489 e. The predicted molar refractivity (Wildman–Crippen MR) is 170 cm³/mol. The highest BCUT2D eigenvalue weighted by molar-refractivity contribution is 6.32. The van der Waals surface area contributed by atoms with Gasteiger partial charge in [0.15, 0.2) is 6.61 Å². The highest BCUT2D eigenvalue weighted by atomic mass is 35.5. The number of carboxylic acids is 1. The molecule has 0 aliphatic carbocycles. The molecular weight excluding hydrogens is 544 g/mol. The van der Waals surface area contributed by atoms with Gasteiger partial charge < -0.3 is 14.6 Å². The number of carboxylic acid groups (broad SMARTS) is 1. The van der Waals surface area contributed by atoms with Crippen molar-refractivity contribution in [2.75, 3.05) is 13.2 Å². The van der Waals surface area contributed by atoms with Crippen LogP contribution in [0.4, 0.5) is 0 Å². The maximum absolute atomic E-state index is 10.8. The van der Waals surface area contributed by atoms with E-state index in [-0.39, 0.29) is 5.02 Å². The van der Waals surface area contributed by atoms with Crippen molar-refractivity contribution >= 4 is 23.1 Å². The van der Waals surface area contributed by atoms with Crippen LogP contribution >= 0.6 is 11.6 Å². The Kier molecular flexibility index (Phi) is 9.05. The van der Waals surface area contributed by atoms with Crippen molar-refractivity contribution in [2.45, 2.75) is 13.8 Å². The van der Waals surface area contributed by atoms with Crippen LogP contribution in [-0.4, -0.2) is 24.3 Å². The third-order valence-corrected chi connectivity index (χ3v) is 7.25. The SMILES string of the molecule is Cc1ccc(-c2ccc(C(=CCOc3ccc(OCC(=O)O)c(Cl)c3)c3ccc(-c4ccc(C)cc4)cc3)cc2)cc1. The van der Waals surface area contributed by atoms with Crippen LogP contribution in [0.25, 0.3) is 27.8 Å². The van der Waals surface area contributed by atoms with Gasteiger partial charge in [-0.3, -0.25) is 0 Å². The number of ether oxygens (including phenoxy) is 2. The minimum atomic E-state index is -1.07. The normalized spacial score (nSPS) is 10.6. The molecule has 210 valence electrons. The van der Waals surface area contributed by atoms with Gasteiger partial charge in [-0.25, -0.2) is 4.79 Å². The Morgan fingerprint density at radius 1 is 0.667 bits per heavy atom. The molecule has 0 atom stereocenters. The molecule has 0 aliphatic rings. The van der Waals surface area contributed by atoms with Crippen molar-refractivity contribution in [1.29, 1.82) is 0 Å². The second-order valence-corrected chi connectivity index (χ2v) is 10.5. The van der Waals surface area contributed by atoms with E-state index in [1.807, 2.05) is 0 Å². The van der Waals surface area contributed by atoms with E-state index in [2.05, 4.69) is 117 Å². The molecule has 0 unspecified atom stereocenters. The molecule has 42 heavy (non-hydrogen) atoms. The van der Waals surface area contributed by atoms with Crippen molar-refractivity contribution in [1.82, 2.24) is 0 Å². The summed E-state index contributed by atoms with van der Waals surface area (Å²) in [5.41, 5.74) is 10.3. The van der Waals surface area contributed by atoms with Crippen LogP contribution in [0.3, 0.4) is 0 Å². The number of aliphatic carboxylic acids is 1. The summed E-state index contributed by atoms with van der Waals surface area (Å²) in [5.74, 6) is -0.212. The molecule has 0 heterocycles. The fourth-order valence-electron chi connectivity index (χ4n) is 4.63. The number of hydrogen-bond donors (Lipinski definition) is 1. The molecule has 0 bridgehead atoms. The highest BCUT2D eigenvalue weighted by Crippen LogP contribution is 2.31. The summed E-state index contributed by atoms with van der Waals surface area (Å²) in [5, 5.41) is 9.13. The second-order valence-electron chi connectivity index (χ2n) is 10.1. The lowest BCUT2D eigenvalue weighted by molar-refractivity contribution is -0.139. The zero-order valence-corrected chi connectivity index (χ0v) is 24.3. The number of halogens is 1. The Morgan fingerprint density at radius 2 is 1.12 bits per heavy atom. The van der Waals surface area contributed by atoms with Crippen LogP contribution in [0.2, 0.25) is 5.02 Å². The van der Waals surface area contributed by atoms with Gasteiger partial charge in [-0.15, -0.1) is 0 Å². The van der Waals surface area contributed by atoms with Gasteiger partial charge in [0.1, 0.15) is 18.1 Å². The van der Waals surface area contributed by atoms with Crippen molar-refractivity contribution < 1.29 is 19.4 Å². The molecule has 0 fully saturated rings. The van der Waals surface area contributed by atoms with E-state index in [0.717, 1.165) is 27.8 Å². The van der Waals surface area contributed by atoms with E-state index in [1.165, 1.54) is 22.3 Å². The minimum Gasteiger partial charge on any atom is -0.489 e. The third-order valence-electron chi connectivity index (χ3n) is 6.95. The van der Waals surface area contributed by atoms with Crippen molar-refractivity contribution in [3.05, 3.63) is 149 Å². The first kappa shape index (κ1) is 28.7. The summed E-state index contributed by atoms with van der Waals surface area (Å²) in [6, 6.07) is 39.1. The first-order valence-electron chi connectivity index (χ1n) is 13.7. The van der Waals surface area contributed by atoms with E-state index in [1.54, 1.807) is 18.2 Å². The fraction of sp³-hybridized carbons (Fsp3) is 0.108. The Hall–Kier alpha value is -4.80. The molecule has 0 aromatic heterocycles. The lowest BCUT2D eigenvalue weighted by atomic mass is 9.93. The van der Waals surface area contributed by atoms with Crippen LogP contribution in [0, 0.1) is 13.8 Å². The zero-order valence-electron chi connectivity index (χ0n) is 23.5. The Bertz CT molecular complexity index is 1590. The van der Waals surface area contributed by atoms with Crippen LogP contribution in [0.5, 0.6) is 11.5 Å². The molecule has 0 saturated heterocycles. The number of benzene rings is 5. The molecule has 5 rings (SSSR count). The Balaban J connectivity index is 1.40. The van der Waals surface area contributed by atoms with Crippen molar-refractivity contribution in [3.63, 3.8) is 0 Å². The maximum Gasteiger partial charge on any atom is 0.341 e. The third kappa shape index (κ3) is 7.28. The van der Waals surface area contributed by atoms with Gasteiger partial charge in [-0.05, 0) is 71.0 Å². The van der Waals surface area contributed by atoms with Gasteiger partial charge in [0.25, 0.3) is 0 Å². The standard InChI is InChI=1S/C37H31ClO4/c1-25-3-7-27(8-4-25)29-11-15-31(16-12-29)34(32-17-13-30(14-18-32)28-9-5-26(2)6-10-28)21-22-41-33-19-20-36(35(38)23-33)42-24-37(39)40/h3-21,23H,22,24H2,1-2H3,(H,39,40). The van der Waals surface area contributed by atoms with Gasteiger partial charge >= 0.3 is 5.97 Å². The molecule has 0 aliphatic heterocycles. The summed E-state index contributed by atoms with van der Waals surface area (Å²) in [6.45, 7) is 4.02. The second kappa shape index (κ2) is 13.2. The molecule has 5 heteroatoms. The predicted octanol–water partition coefficient (Wildman–Crippen LogP) is 9.26.